The highest BCUT2D eigenvalue weighted by molar-refractivity contribution is 6.12. The molecule has 0 N–H and O–H groups in total. The molecule has 5 heteroatoms. The first-order valence-corrected chi connectivity index (χ1v) is 7.34. The summed E-state index contributed by atoms with van der Waals surface area (Å²) in [5, 5.41) is 12.6. The predicted octanol–water partition coefficient (Wildman–Crippen LogP) is 4.73. The van der Waals surface area contributed by atoms with Gasteiger partial charge < -0.3 is 4.42 Å². The first-order valence-electron chi connectivity index (χ1n) is 7.34. The minimum absolute atomic E-state index is 0.0423. The summed E-state index contributed by atoms with van der Waals surface area (Å²) in [6, 6.07) is 18.6. The monoisotopic (exact) mass is 317 g/mol. The van der Waals surface area contributed by atoms with Gasteiger partial charge in [-0.25, -0.2) is 0 Å². The van der Waals surface area contributed by atoms with Gasteiger partial charge in [-0.3, -0.25) is 14.9 Å². The van der Waals surface area contributed by atoms with Crippen molar-refractivity contribution in [3.63, 3.8) is 0 Å². The van der Waals surface area contributed by atoms with Crippen LogP contribution >= 0.6 is 0 Å². The van der Waals surface area contributed by atoms with Gasteiger partial charge in [0.2, 0.25) is 0 Å². The third-order valence-corrected chi connectivity index (χ3v) is 3.98. The highest BCUT2D eigenvalue weighted by atomic mass is 16.6. The second-order valence-corrected chi connectivity index (χ2v) is 5.44. The van der Waals surface area contributed by atoms with E-state index in [4.69, 9.17) is 4.42 Å². The Morgan fingerprint density at radius 3 is 2.25 bits per heavy atom. The summed E-state index contributed by atoms with van der Waals surface area (Å²) >= 11 is 0. The van der Waals surface area contributed by atoms with Crippen LogP contribution in [0.3, 0.4) is 0 Å². The van der Waals surface area contributed by atoms with Gasteiger partial charge >= 0.3 is 0 Å². The van der Waals surface area contributed by atoms with Crippen LogP contribution in [0.1, 0.15) is 15.9 Å². The maximum atomic E-state index is 12.6. The van der Waals surface area contributed by atoms with Crippen LogP contribution in [-0.2, 0) is 0 Å². The number of rotatable bonds is 3. The number of carbonyl (C=O) groups is 1. The van der Waals surface area contributed by atoms with Crippen LogP contribution in [-0.4, -0.2) is 10.7 Å². The number of benzene rings is 3. The molecule has 0 fully saturated rings. The molecule has 0 saturated carbocycles. The molecule has 5 nitrogen and oxygen atoms in total. The topological polar surface area (TPSA) is 73.3 Å². The fourth-order valence-electron chi connectivity index (χ4n) is 2.77. The standard InChI is InChI=1S/C19H11NO4/c21-19(12-5-8-14(9-6-12)20(22)23)13-7-10-16-15-3-1-2-4-17(15)24-18(16)11-13/h1-11H. The van der Waals surface area contributed by atoms with E-state index in [1.165, 1.54) is 24.3 Å². The lowest BCUT2D eigenvalue weighted by Crippen LogP contribution is -2.01. The molecule has 0 aliphatic carbocycles. The Morgan fingerprint density at radius 1 is 0.833 bits per heavy atom. The largest absolute Gasteiger partial charge is 0.456 e. The SMILES string of the molecule is O=C(c1ccc([N+](=O)[O-])cc1)c1ccc2c(c1)oc1ccccc12. The number of carbonyl (C=O) groups excluding carboxylic acids is 1. The number of nitro groups is 1. The van der Waals surface area contributed by atoms with Crippen LogP contribution in [0.2, 0.25) is 0 Å². The summed E-state index contributed by atoms with van der Waals surface area (Å²) in [6.45, 7) is 0. The second kappa shape index (κ2) is 5.31. The van der Waals surface area contributed by atoms with Crippen LogP contribution in [0.15, 0.2) is 71.1 Å². The van der Waals surface area contributed by atoms with Gasteiger partial charge in [0.05, 0.1) is 4.92 Å². The Balaban J connectivity index is 1.76. The van der Waals surface area contributed by atoms with Crippen molar-refractivity contribution in [2.75, 3.05) is 0 Å². The molecule has 24 heavy (non-hydrogen) atoms. The fraction of sp³-hybridized carbons (Fsp3) is 0. The fourth-order valence-corrected chi connectivity index (χ4v) is 2.77. The number of nitrogens with zero attached hydrogens (tertiary/aromatic N) is 1. The van der Waals surface area contributed by atoms with Gasteiger partial charge in [-0.05, 0) is 30.3 Å². The number of fused-ring (bicyclic) bond motifs is 3. The minimum Gasteiger partial charge on any atom is -0.456 e. The summed E-state index contributed by atoms with van der Waals surface area (Å²) in [4.78, 5) is 22.8. The Hall–Kier alpha value is -3.47. The molecule has 1 heterocycles. The first-order chi connectivity index (χ1) is 11.6. The highest BCUT2D eigenvalue weighted by Gasteiger charge is 2.14. The number of ketones is 1. The molecule has 0 aliphatic rings. The van der Waals surface area contributed by atoms with Gasteiger partial charge in [-0.15, -0.1) is 0 Å². The average molecular weight is 317 g/mol. The van der Waals surface area contributed by atoms with Gasteiger partial charge in [-0.2, -0.15) is 0 Å². The number of hydrogen-bond donors (Lipinski definition) is 0. The molecule has 3 aromatic carbocycles. The Kier molecular flexibility index (Phi) is 3.13. The predicted molar refractivity (Wildman–Crippen MR) is 90.2 cm³/mol. The maximum absolute atomic E-state index is 12.6. The van der Waals surface area contributed by atoms with Crippen LogP contribution in [0, 0.1) is 10.1 Å². The van der Waals surface area contributed by atoms with Crippen molar-refractivity contribution >= 4 is 33.4 Å². The third-order valence-electron chi connectivity index (χ3n) is 3.98. The minimum atomic E-state index is -0.491. The number of non-ortho nitro benzene ring substituents is 1. The van der Waals surface area contributed by atoms with Gasteiger partial charge in [0.25, 0.3) is 5.69 Å². The molecule has 0 bridgehead atoms. The first kappa shape index (κ1) is 14.1. The van der Waals surface area contributed by atoms with E-state index in [0.717, 1.165) is 16.4 Å². The normalized spacial score (nSPS) is 11.0. The van der Waals surface area contributed by atoms with E-state index in [9.17, 15) is 14.9 Å². The lowest BCUT2D eigenvalue weighted by Gasteiger charge is -2.01. The summed E-state index contributed by atoms with van der Waals surface area (Å²) in [5.74, 6) is -0.202. The van der Waals surface area contributed by atoms with Crippen molar-refractivity contribution in [2.24, 2.45) is 0 Å². The number of hydrogen-bond acceptors (Lipinski definition) is 4. The molecule has 0 spiro atoms. The van der Waals surface area contributed by atoms with Crippen LogP contribution in [0.25, 0.3) is 21.9 Å². The number of furan rings is 1. The van der Waals surface area contributed by atoms with Crippen molar-refractivity contribution in [1.29, 1.82) is 0 Å². The Morgan fingerprint density at radius 2 is 1.50 bits per heavy atom. The van der Waals surface area contributed by atoms with Crippen molar-refractivity contribution in [2.45, 2.75) is 0 Å². The molecule has 4 aromatic rings. The van der Waals surface area contributed by atoms with Crippen molar-refractivity contribution < 1.29 is 14.1 Å². The number of nitro benzene ring substituents is 1. The second-order valence-electron chi connectivity index (χ2n) is 5.44. The van der Waals surface area contributed by atoms with E-state index < -0.39 is 4.92 Å². The molecule has 0 saturated heterocycles. The van der Waals surface area contributed by atoms with Crippen LogP contribution < -0.4 is 0 Å². The summed E-state index contributed by atoms with van der Waals surface area (Å²) in [6.07, 6.45) is 0. The summed E-state index contributed by atoms with van der Waals surface area (Å²) in [5.41, 5.74) is 2.25. The summed E-state index contributed by atoms with van der Waals surface area (Å²) < 4.78 is 5.79. The lowest BCUT2D eigenvalue weighted by atomic mass is 10.0. The van der Waals surface area contributed by atoms with Gasteiger partial charge in [-0.1, -0.05) is 24.3 Å². The van der Waals surface area contributed by atoms with Gasteiger partial charge in [0, 0.05) is 34.0 Å². The van der Waals surface area contributed by atoms with Crippen LogP contribution in [0.5, 0.6) is 0 Å². The molecule has 0 unspecified atom stereocenters. The van der Waals surface area contributed by atoms with E-state index in [1.807, 2.05) is 30.3 Å². The van der Waals surface area contributed by atoms with Gasteiger partial charge in [0.15, 0.2) is 5.78 Å². The zero-order valence-electron chi connectivity index (χ0n) is 12.4. The highest BCUT2D eigenvalue weighted by Crippen LogP contribution is 2.29. The quantitative estimate of drug-likeness (QED) is 0.311. The van der Waals surface area contributed by atoms with E-state index in [2.05, 4.69) is 0 Å². The zero-order valence-corrected chi connectivity index (χ0v) is 12.4. The Labute approximate surface area is 136 Å². The maximum Gasteiger partial charge on any atom is 0.269 e. The van der Waals surface area contributed by atoms with E-state index in [0.29, 0.717) is 16.7 Å². The molecule has 0 radical (unpaired) electrons. The molecule has 116 valence electrons. The molecular formula is C19H11NO4. The van der Waals surface area contributed by atoms with Crippen molar-refractivity contribution in [1.82, 2.24) is 0 Å². The van der Waals surface area contributed by atoms with Crippen molar-refractivity contribution in [3.8, 4) is 0 Å². The molecule has 0 aliphatic heterocycles. The van der Waals surface area contributed by atoms with E-state index in [1.54, 1.807) is 12.1 Å². The number of para-hydroxylation sites is 1. The molecule has 1 aromatic heterocycles. The molecule has 4 rings (SSSR count). The van der Waals surface area contributed by atoms with E-state index in [-0.39, 0.29) is 11.5 Å². The van der Waals surface area contributed by atoms with Gasteiger partial charge in [0.1, 0.15) is 11.2 Å². The Bertz CT molecular complexity index is 1090. The van der Waals surface area contributed by atoms with Crippen molar-refractivity contribution in [3.05, 3.63) is 88.0 Å². The lowest BCUT2D eigenvalue weighted by molar-refractivity contribution is -0.384. The molecule has 0 atom stereocenters. The third kappa shape index (κ3) is 2.23. The average Bonchev–Trinajstić information content (AvgIpc) is 2.99. The van der Waals surface area contributed by atoms with E-state index >= 15 is 0 Å². The smallest absolute Gasteiger partial charge is 0.269 e. The summed E-state index contributed by atoms with van der Waals surface area (Å²) in [7, 11) is 0. The van der Waals surface area contributed by atoms with Crippen LogP contribution in [0.4, 0.5) is 5.69 Å². The molecular weight excluding hydrogens is 306 g/mol. The zero-order chi connectivity index (χ0) is 16.7. The molecule has 0 amide bonds.